The zero-order chi connectivity index (χ0) is 16.3. The maximum atomic E-state index is 12.8. The molecular weight excluding hydrogens is 310 g/mol. The average Bonchev–Trinajstić information content (AvgIpc) is 2.56. The van der Waals surface area contributed by atoms with Crippen LogP contribution in [-0.2, 0) is 16.8 Å². The molecule has 0 saturated carbocycles. The zero-order valence-electron chi connectivity index (χ0n) is 13.9. The molecule has 0 aliphatic carbocycles. The minimum Gasteiger partial charge on any atom is -0.296 e. The minimum absolute atomic E-state index is 0.470. The molecule has 0 amide bonds. The summed E-state index contributed by atoms with van der Waals surface area (Å²) in [5.41, 5.74) is 1.29. The molecule has 2 saturated heterocycles. The topological polar surface area (TPSA) is 43.9 Å². The van der Waals surface area contributed by atoms with Crippen LogP contribution in [0.4, 0.5) is 0 Å². The Hall–Kier alpha value is -0.950. The van der Waals surface area contributed by atoms with Gasteiger partial charge in [-0.1, -0.05) is 37.3 Å². The fourth-order valence-corrected chi connectivity index (χ4v) is 5.23. The lowest BCUT2D eigenvalue weighted by Crippen LogP contribution is -2.54. The normalized spacial score (nSPS) is 25.5. The minimum atomic E-state index is -3.27. The lowest BCUT2D eigenvalue weighted by molar-refractivity contribution is 0.169. The molecule has 2 aliphatic rings. The van der Waals surface area contributed by atoms with Gasteiger partial charge in [-0.15, -0.1) is 0 Å². The van der Waals surface area contributed by atoms with Gasteiger partial charge >= 0.3 is 0 Å². The number of nitrogens with zero attached hydrogens (tertiary/aromatic N) is 3. The molecule has 0 N–H and O–H groups in total. The standard InChI is InChI=1S/C17H27N3O2S/c1-16-6-5-9-20(14-16)23(21,22)19-12-10-18(11-13-19)15-17-7-3-2-4-8-17/h2-4,7-8,16H,5-6,9-15H2,1H3/t16-/m1/s1. The van der Waals surface area contributed by atoms with Gasteiger partial charge in [0.2, 0.25) is 0 Å². The summed E-state index contributed by atoms with van der Waals surface area (Å²) in [6, 6.07) is 10.4. The van der Waals surface area contributed by atoms with E-state index < -0.39 is 10.2 Å². The van der Waals surface area contributed by atoms with Crippen LogP contribution in [-0.4, -0.2) is 61.2 Å². The van der Waals surface area contributed by atoms with Gasteiger partial charge in [-0.2, -0.15) is 17.0 Å². The van der Waals surface area contributed by atoms with E-state index in [0.29, 0.717) is 32.1 Å². The molecule has 1 atom stereocenters. The quantitative estimate of drug-likeness (QED) is 0.841. The van der Waals surface area contributed by atoms with Gasteiger partial charge in [-0.3, -0.25) is 4.90 Å². The third kappa shape index (κ3) is 4.12. The van der Waals surface area contributed by atoms with E-state index in [1.54, 1.807) is 8.61 Å². The van der Waals surface area contributed by atoms with E-state index in [9.17, 15) is 8.42 Å². The highest BCUT2D eigenvalue weighted by molar-refractivity contribution is 7.86. The van der Waals surface area contributed by atoms with E-state index in [-0.39, 0.29) is 0 Å². The highest BCUT2D eigenvalue weighted by atomic mass is 32.2. The second kappa shape index (κ2) is 7.30. The van der Waals surface area contributed by atoms with Gasteiger partial charge in [-0.25, -0.2) is 0 Å². The van der Waals surface area contributed by atoms with Crippen molar-refractivity contribution in [3.05, 3.63) is 35.9 Å². The summed E-state index contributed by atoms with van der Waals surface area (Å²) in [4.78, 5) is 2.33. The van der Waals surface area contributed by atoms with E-state index in [1.807, 2.05) is 18.2 Å². The number of piperazine rings is 1. The lowest BCUT2D eigenvalue weighted by atomic mass is 10.0. The molecule has 23 heavy (non-hydrogen) atoms. The van der Waals surface area contributed by atoms with Crippen molar-refractivity contribution in [2.75, 3.05) is 39.3 Å². The van der Waals surface area contributed by atoms with Crippen molar-refractivity contribution in [3.8, 4) is 0 Å². The summed E-state index contributed by atoms with van der Waals surface area (Å²) in [7, 11) is -3.27. The van der Waals surface area contributed by atoms with Crippen LogP contribution < -0.4 is 0 Å². The highest BCUT2D eigenvalue weighted by Crippen LogP contribution is 2.21. The Balaban J connectivity index is 1.55. The van der Waals surface area contributed by atoms with Crippen LogP contribution in [0, 0.1) is 5.92 Å². The second-order valence-corrected chi connectivity index (χ2v) is 8.70. The second-order valence-electron chi connectivity index (χ2n) is 6.77. The van der Waals surface area contributed by atoms with Crippen LogP contribution in [0.5, 0.6) is 0 Å². The summed E-state index contributed by atoms with van der Waals surface area (Å²) >= 11 is 0. The van der Waals surface area contributed by atoms with Crippen molar-refractivity contribution in [1.82, 2.24) is 13.5 Å². The first-order valence-corrected chi connectivity index (χ1v) is 9.97. The van der Waals surface area contributed by atoms with Crippen LogP contribution in [0.2, 0.25) is 0 Å². The maximum Gasteiger partial charge on any atom is 0.282 e. The van der Waals surface area contributed by atoms with E-state index in [2.05, 4.69) is 24.0 Å². The Labute approximate surface area is 140 Å². The molecule has 128 valence electrons. The number of hydrogen-bond donors (Lipinski definition) is 0. The van der Waals surface area contributed by atoms with E-state index in [1.165, 1.54) is 5.56 Å². The van der Waals surface area contributed by atoms with Gasteiger partial charge in [0, 0.05) is 45.8 Å². The van der Waals surface area contributed by atoms with Crippen LogP contribution in [0.3, 0.4) is 0 Å². The van der Waals surface area contributed by atoms with Gasteiger partial charge in [-0.05, 0) is 24.3 Å². The van der Waals surface area contributed by atoms with Crippen molar-refractivity contribution >= 4 is 10.2 Å². The Morgan fingerprint density at radius 1 is 1.00 bits per heavy atom. The van der Waals surface area contributed by atoms with Gasteiger partial charge in [0.05, 0.1) is 0 Å². The molecule has 1 aromatic rings. The fourth-order valence-electron chi connectivity index (χ4n) is 3.48. The molecule has 2 aliphatic heterocycles. The van der Waals surface area contributed by atoms with Crippen LogP contribution in [0.1, 0.15) is 25.3 Å². The summed E-state index contributed by atoms with van der Waals surface area (Å²) < 4.78 is 28.9. The molecule has 3 rings (SSSR count). The number of benzene rings is 1. The van der Waals surface area contributed by atoms with Gasteiger partial charge in [0.25, 0.3) is 10.2 Å². The summed E-state index contributed by atoms with van der Waals surface area (Å²) in [6.45, 7) is 7.19. The van der Waals surface area contributed by atoms with Crippen LogP contribution in [0.25, 0.3) is 0 Å². The third-order valence-electron chi connectivity index (χ3n) is 4.85. The van der Waals surface area contributed by atoms with E-state index in [0.717, 1.165) is 32.5 Å². The van der Waals surface area contributed by atoms with E-state index >= 15 is 0 Å². The van der Waals surface area contributed by atoms with Gasteiger partial charge in [0.15, 0.2) is 0 Å². The maximum absolute atomic E-state index is 12.8. The number of hydrogen-bond acceptors (Lipinski definition) is 3. The van der Waals surface area contributed by atoms with Crippen molar-refractivity contribution in [2.24, 2.45) is 5.92 Å². The Morgan fingerprint density at radius 2 is 1.70 bits per heavy atom. The smallest absolute Gasteiger partial charge is 0.282 e. The summed E-state index contributed by atoms with van der Waals surface area (Å²) in [5.74, 6) is 0.470. The highest BCUT2D eigenvalue weighted by Gasteiger charge is 2.34. The predicted molar refractivity (Wildman–Crippen MR) is 92.2 cm³/mol. The Bertz CT molecular complexity index is 598. The number of rotatable bonds is 4. The Kier molecular flexibility index (Phi) is 5.36. The molecule has 0 radical (unpaired) electrons. The molecule has 6 heteroatoms. The van der Waals surface area contributed by atoms with Crippen molar-refractivity contribution < 1.29 is 8.42 Å². The molecule has 0 unspecified atom stereocenters. The lowest BCUT2D eigenvalue weighted by Gasteiger charge is -2.38. The monoisotopic (exact) mass is 337 g/mol. The first-order valence-electron chi connectivity index (χ1n) is 8.57. The summed E-state index contributed by atoms with van der Waals surface area (Å²) in [6.07, 6.45) is 2.12. The SMILES string of the molecule is C[C@@H]1CCCN(S(=O)(=O)N2CCN(Cc3ccccc3)CC2)C1. The van der Waals surface area contributed by atoms with Crippen molar-refractivity contribution in [1.29, 1.82) is 0 Å². The molecular formula is C17H27N3O2S. The molecule has 2 fully saturated rings. The van der Waals surface area contributed by atoms with Gasteiger partial charge in [0.1, 0.15) is 0 Å². The largest absolute Gasteiger partial charge is 0.296 e. The van der Waals surface area contributed by atoms with Crippen molar-refractivity contribution in [2.45, 2.75) is 26.3 Å². The molecule has 0 spiro atoms. The van der Waals surface area contributed by atoms with Gasteiger partial charge < -0.3 is 0 Å². The van der Waals surface area contributed by atoms with Crippen LogP contribution >= 0.6 is 0 Å². The zero-order valence-corrected chi connectivity index (χ0v) is 14.7. The van der Waals surface area contributed by atoms with Crippen molar-refractivity contribution in [3.63, 3.8) is 0 Å². The molecule has 1 aromatic carbocycles. The number of piperidine rings is 1. The first-order chi connectivity index (χ1) is 11.1. The predicted octanol–water partition coefficient (Wildman–Crippen LogP) is 1.78. The fraction of sp³-hybridized carbons (Fsp3) is 0.647. The molecule has 0 aromatic heterocycles. The molecule has 0 bridgehead atoms. The first kappa shape index (κ1) is 16.9. The summed E-state index contributed by atoms with van der Waals surface area (Å²) in [5, 5.41) is 0. The van der Waals surface area contributed by atoms with E-state index in [4.69, 9.17) is 0 Å². The average molecular weight is 337 g/mol. The Morgan fingerprint density at radius 3 is 2.35 bits per heavy atom. The van der Waals surface area contributed by atoms with Crippen LogP contribution in [0.15, 0.2) is 30.3 Å². The third-order valence-corrected chi connectivity index (χ3v) is 6.85. The molecule has 2 heterocycles. The molecule has 5 nitrogen and oxygen atoms in total.